The van der Waals surface area contributed by atoms with Gasteiger partial charge in [-0.25, -0.2) is 4.79 Å². The van der Waals surface area contributed by atoms with E-state index in [-0.39, 0.29) is 47.8 Å². The van der Waals surface area contributed by atoms with Gasteiger partial charge in [-0.1, -0.05) is 19.4 Å². The highest BCUT2D eigenvalue weighted by Crippen LogP contribution is 2.72. The molecule has 1 unspecified atom stereocenters. The number of hydrogen-bond donors (Lipinski definition) is 2. The fourth-order valence-corrected chi connectivity index (χ4v) is 9.65. The van der Waals surface area contributed by atoms with Gasteiger partial charge in [0.15, 0.2) is 5.78 Å². The Balaban J connectivity index is 1.21. The van der Waals surface area contributed by atoms with Crippen LogP contribution in [0, 0.1) is 40.4 Å². The highest BCUT2D eigenvalue weighted by atomic mass is 16.6. The highest BCUT2D eigenvalue weighted by Gasteiger charge is 2.80. The fraction of sp³-hybridized carbons (Fsp3) is 0.793. The molecule has 0 bridgehead atoms. The third kappa shape index (κ3) is 2.99. The Hall–Kier alpha value is -1.50. The van der Waals surface area contributed by atoms with E-state index in [9.17, 15) is 19.8 Å². The molecule has 4 aliphatic carbocycles. The number of fused-ring (bicyclic) bond motifs is 4. The predicted molar refractivity (Wildman–Crippen MR) is 129 cm³/mol. The molecule has 2 aliphatic heterocycles. The summed E-state index contributed by atoms with van der Waals surface area (Å²) in [5.41, 5.74) is 0.247. The number of carbonyl (C=O) groups is 2. The van der Waals surface area contributed by atoms with Gasteiger partial charge in [-0.15, -0.1) is 0 Å². The van der Waals surface area contributed by atoms with E-state index in [0.717, 1.165) is 31.3 Å². The number of cyclic esters (lactones) is 1. The molecule has 2 heterocycles. The van der Waals surface area contributed by atoms with Crippen molar-refractivity contribution < 1.29 is 29.3 Å². The standard InChI is InChI=1S/C29H40O6/c1-15-12-22(34-26(33)19(15)14-30)16(2)11-17-5-6-20-18-13-25-29(35-25)24(32)8-7-23(31)28(29,4)21(18)9-10-27(17,20)3/h7-8,16-18,20-22,24-25,30,32H,5-6,9-14H2,1-4H3/t16-,17?,18-,20-,21-,22+,24-,25+,27+,28-,29+/m0/s1. The van der Waals surface area contributed by atoms with E-state index in [0.29, 0.717) is 29.7 Å². The number of esters is 1. The van der Waals surface area contributed by atoms with Gasteiger partial charge < -0.3 is 19.7 Å². The van der Waals surface area contributed by atoms with Gasteiger partial charge in [0, 0.05) is 6.42 Å². The zero-order chi connectivity index (χ0) is 24.9. The summed E-state index contributed by atoms with van der Waals surface area (Å²) in [4.78, 5) is 25.7. The summed E-state index contributed by atoms with van der Waals surface area (Å²) in [6.07, 6.45) is 9.56. The number of ether oxygens (including phenoxy) is 2. The smallest absolute Gasteiger partial charge is 0.336 e. The Morgan fingerprint density at radius 2 is 1.94 bits per heavy atom. The molecule has 0 radical (unpaired) electrons. The minimum atomic E-state index is -0.704. The fourth-order valence-electron chi connectivity index (χ4n) is 9.65. The maximum Gasteiger partial charge on any atom is 0.336 e. The molecular formula is C29H40O6. The van der Waals surface area contributed by atoms with Gasteiger partial charge in [0.1, 0.15) is 17.8 Å². The first kappa shape index (κ1) is 23.9. The summed E-state index contributed by atoms with van der Waals surface area (Å²) in [6, 6.07) is 0. The number of hydrogen-bond acceptors (Lipinski definition) is 6. The minimum Gasteiger partial charge on any atom is -0.458 e. The molecule has 6 aliphatic rings. The van der Waals surface area contributed by atoms with Crippen LogP contribution in [-0.2, 0) is 19.1 Å². The zero-order valence-electron chi connectivity index (χ0n) is 21.5. The van der Waals surface area contributed by atoms with E-state index in [4.69, 9.17) is 9.47 Å². The van der Waals surface area contributed by atoms with Crippen LogP contribution < -0.4 is 0 Å². The zero-order valence-corrected chi connectivity index (χ0v) is 21.5. The van der Waals surface area contributed by atoms with Crippen molar-refractivity contribution in [1.29, 1.82) is 0 Å². The van der Waals surface area contributed by atoms with E-state index < -0.39 is 17.1 Å². The first-order chi connectivity index (χ1) is 16.6. The SMILES string of the molecule is CC1=C(CO)C(=O)O[C@@H]([C@@H](C)CC2CC[C@H]3[C@@H]4C[C@H]5O[C@]56[C@@H](O)C=CC(=O)[C@]6(C)[C@H]4CC[C@]23C)C1. The normalized spacial score (nSPS) is 51.2. The minimum absolute atomic E-state index is 0.0184. The molecule has 35 heavy (non-hydrogen) atoms. The molecule has 192 valence electrons. The first-order valence-electron chi connectivity index (χ1n) is 13.7. The molecule has 4 fully saturated rings. The maximum absolute atomic E-state index is 13.3. The van der Waals surface area contributed by atoms with E-state index >= 15 is 0 Å². The molecule has 0 aromatic carbocycles. The Bertz CT molecular complexity index is 1010. The summed E-state index contributed by atoms with van der Waals surface area (Å²) in [6.45, 7) is 8.43. The van der Waals surface area contributed by atoms with E-state index in [2.05, 4.69) is 20.8 Å². The monoisotopic (exact) mass is 484 g/mol. The molecular weight excluding hydrogens is 444 g/mol. The van der Waals surface area contributed by atoms with Gasteiger partial charge in [0.2, 0.25) is 0 Å². The van der Waals surface area contributed by atoms with Crippen molar-refractivity contribution in [2.75, 3.05) is 6.61 Å². The second kappa shape index (κ2) is 7.75. The van der Waals surface area contributed by atoms with E-state index in [1.807, 2.05) is 6.92 Å². The molecule has 6 nitrogen and oxygen atoms in total. The third-order valence-electron chi connectivity index (χ3n) is 11.8. The summed E-state index contributed by atoms with van der Waals surface area (Å²) in [5, 5.41) is 20.3. The van der Waals surface area contributed by atoms with Crippen LogP contribution in [-0.4, -0.2) is 52.5 Å². The Morgan fingerprint density at radius 3 is 2.66 bits per heavy atom. The van der Waals surface area contributed by atoms with Crippen LogP contribution in [0.15, 0.2) is 23.3 Å². The van der Waals surface area contributed by atoms with Crippen molar-refractivity contribution in [3.8, 4) is 0 Å². The van der Waals surface area contributed by atoms with Gasteiger partial charge >= 0.3 is 5.97 Å². The molecule has 0 amide bonds. The maximum atomic E-state index is 13.3. The van der Waals surface area contributed by atoms with Crippen LogP contribution in [0.3, 0.4) is 0 Å². The number of carbonyl (C=O) groups excluding carboxylic acids is 2. The molecule has 0 aromatic rings. The quantitative estimate of drug-likeness (QED) is 0.466. The second-order valence-electron chi connectivity index (χ2n) is 13.0. The Kier molecular flexibility index (Phi) is 5.29. The number of aliphatic hydroxyl groups excluding tert-OH is 2. The van der Waals surface area contributed by atoms with Crippen molar-refractivity contribution in [2.24, 2.45) is 40.4 Å². The molecule has 1 spiro atoms. The molecule has 2 N–H and O–H groups in total. The number of rotatable bonds is 4. The average Bonchev–Trinajstić information content (AvgIpc) is 3.46. The summed E-state index contributed by atoms with van der Waals surface area (Å²) in [7, 11) is 0. The lowest BCUT2D eigenvalue weighted by molar-refractivity contribution is -0.152. The number of ketones is 1. The lowest BCUT2D eigenvalue weighted by Crippen LogP contribution is -2.63. The summed E-state index contributed by atoms with van der Waals surface area (Å²) in [5.74, 6) is 1.87. The second-order valence-corrected chi connectivity index (χ2v) is 13.0. The van der Waals surface area contributed by atoms with Gasteiger partial charge in [0.25, 0.3) is 0 Å². The molecule has 11 atom stereocenters. The van der Waals surface area contributed by atoms with Crippen molar-refractivity contribution in [1.82, 2.24) is 0 Å². The van der Waals surface area contributed by atoms with Crippen molar-refractivity contribution in [3.05, 3.63) is 23.3 Å². The van der Waals surface area contributed by atoms with Gasteiger partial charge in [0.05, 0.1) is 23.7 Å². The molecule has 0 aromatic heterocycles. The van der Waals surface area contributed by atoms with Gasteiger partial charge in [-0.05, 0) is 99.5 Å². The molecule has 6 heteroatoms. The van der Waals surface area contributed by atoms with Crippen LogP contribution in [0.2, 0.25) is 0 Å². The van der Waals surface area contributed by atoms with Crippen LogP contribution in [0.5, 0.6) is 0 Å². The summed E-state index contributed by atoms with van der Waals surface area (Å²) < 4.78 is 12.0. The largest absolute Gasteiger partial charge is 0.458 e. The van der Waals surface area contributed by atoms with E-state index in [1.54, 1.807) is 12.2 Å². The molecule has 6 rings (SSSR count). The predicted octanol–water partition coefficient (Wildman–Crippen LogP) is 3.74. The third-order valence-corrected chi connectivity index (χ3v) is 11.8. The summed E-state index contributed by atoms with van der Waals surface area (Å²) >= 11 is 0. The van der Waals surface area contributed by atoms with Crippen LogP contribution >= 0.6 is 0 Å². The van der Waals surface area contributed by atoms with Crippen molar-refractivity contribution in [3.63, 3.8) is 0 Å². The van der Waals surface area contributed by atoms with Crippen LogP contribution in [0.4, 0.5) is 0 Å². The van der Waals surface area contributed by atoms with Crippen molar-refractivity contribution in [2.45, 2.75) is 96.6 Å². The first-order valence-corrected chi connectivity index (χ1v) is 13.7. The topological polar surface area (TPSA) is 96.4 Å². The number of epoxide rings is 1. The molecule has 1 saturated heterocycles. The Labute approximate surface area is 208 Å². The average molecular weight is 485 g/mol. The molecule has 3 saturated carbocycles. The highest BCUT2D eigenvalue weighted by molar-refractivity contribution is 5.98. The van der Waals surface area contributed by atoms with Gasteiger partial charge in [-0.3, -0.25) is 4.79 Å². The van der Waals surface area contributed by atoms with Crippen LogP contribution in [0.1, 0.15) is 72.6 Å². The number of allylic oxidation sites excluding steroid dienone is 1. The van der Waals surface area contributed by atoms with E-state index in [1.165, 1.54) is 12.8 Å². The van der Waals surface area contributed by atoms with Crippen molar-refractivity contribution >= 4 is 11.8 Å². The van der Waals surface area contributed by atoms with Crippen LogP contribution in [0.25, 0.3) is 0 Å². The lowest BCUT2D eigenvalue weighted by Gasteiger charge is -2.57. The van der Waals surface area contributed by atoms with Gasteiger partial charge in [-0.2, -0.15) is 0 Å². The lowest BCUT2D eigenvalue weighted by atomic mass is 9.44. The number of aliphatic hydroxyl groups is 2. The Morgan fingerprint density at radius 1 is 1.17 bits per heavy atom.